The van der Waals surface area contributed by atoms with Gasteiger partial charge in [-0.2, -0.15) is 0 Å². The van der Waals surface area contributed by atoms with E-state index in [2.05, 4.69) is 18.6 Å². The molecule has 3 rings (SSSR count). The van der Waals surface area contributed by atoms with Crippen LogP contribution in [0.2, 0.25) is 0 Å². The van der Waals surface area contributed by atoms with Crippen molar-refractivity contribution in [2.24, 2.45) is 11.8 Å². The molecule has 2 aromatic carbocycles. The van der Waals surface area contributed by atoms with Crippen LogP contribution >= 0.6 is 11.8 Å². The Bertz CT molecular complexity index is 1000. The first kappa shape index (κ1) is 25.6. The van der Waals surface area contributed by atoms with Crippen LogP contribution in [0.5, 0.6) is 0 Å². The lowest BCUT2D eigenvalue weighted by molar-refractivity contribution is 0.0534. The van der Waals surface area contributed by atoms with Crippen molar-refractivity contribution in [2.75, 3.05) is 12.5 Å². The van der Waals surface area contributed by atoms with Crippen LogP contribution in [-0.2, 0) is 20.4 Å². The van der Waals surface area contributed by atoms with Gasteiger partial charge in [-0.1, -0.05) is 88.4 Å². The second kappa shape index (κ2) is 10.1. The smallest absolute Gasteiger partial charge is 0.412 e. The minimum absolute atomic E-state index is 0.0255. The van der Waals surface area contributed by atoms with Gasteiger partial charge in [-0.3, -0.25) is 4.90 Å². The molecule has 0 bridgehead atoms. The third-order valence-electron chi connectivity index (χ3n) is 6.10. The molecule has 0 radical (unpaired) electrons. The molecule has 2 aromatic rings. The molecule has 180 valence electrons. The van der Waals surface area contributed by atoms with Crippen molar-refractivity contribution in [2.45, 2.75) is 50.8 Å². The number of cyclic esters (lactones) is 1. The van der Waals surface area contributed by atoms with E-state index in [-0.39, 0.29) is 17.9 Å². The summed E-state index contributed by atoms with van der Waals surface area (Å²) >= 11 is 1.46. The van der Waals surface area contributed by atoms with E-state index in [4.69, 9.17) is 4.74 Å². The number of sulfonamides is 1. The van der Waals surface area contributed by atoms with E-state index in [0.29, 0.717) is 0 Å². The molecular weight excluding hydrogens is 456 g/mol. The largest absolute Gasteiger partial charge is 0.431 e. The zero-order valence-electron chi connectivity index (χ0n) is 20.1. The molecule has 0 aromatic heterocycles. The van der Waals surface area contributed by atoms with E-state index in [1.54, 1.807) is 4.90 Å². The number of nitrogens with zero attached hydrogens (tertiary/aromatic N) is 1. The Hall–Kier alpha value is -2.03. The summed E-state index contributed by atoms with van der Waals surface area (Å²) in [5.74, 6) is -0.0150. The van der Waals surface area contributed by atoms with Crippen molar-refractivity contribution in [3.05, 3.63) is 71.8 Å². The van der Waals surface area contributed by atoms with Crippen molar-refractivity contribution >= 4 is 27.9 Å². The fourth-order valence-corrected chi connectivity index (χ4v) is 6.92. The summed E-state index contributed by atoms with van der Waals surface area (Å²) in [5.41, 5.74) is 0.763. The molecule has 3 atom stereocenters. The average Bonchev–Trinajstić information content (AvgIpc) is 3.08. The maximum absolute atomic E-state index is 13.7. The Morgan fingerprint density at radius 1 is 0.970 bits per heavy atom. The molecule has 1 fully saturated rings. The lowest BCUT2D eigenvalue weighted by Crippen LogP contribution is -2.58. The first-order valence-corrected chi connectivity index (χ1v) is 14.3. The Morgan fingerprint density at radius 3 is 1.82 bits per heavy atom. The first-order chi connectivity index (χ1) is 15.5. The molecule has 1 aliphatic rings. The first-order valence-electron chi connectivity index (χ1n) is 11.2. The van der Waals surface area contributed by atoms with Crippen LogP contribution in [0.25, 0.3) is 0 Å². The second-order valence-corrected chi connectivity index (χ2v) is 12.0. The van der Waals surface area contributed by atoms with Gasteiger partial charge in [0.15, 0.2) is 5.60 Å². The van der Waals surface area contributed by atoms with E-state index in [1.165, 1.54) is 11.8 Å². The standard InChI is InChI=1S/C25H34N2O4S2/c1-17(2)21(26-33(6,29)30)23(32-5)27-22(18(3)4)25(31-24(27)28,19-13-9-7-10-14-19)20-15-11-8-12-16-20/h7-18,21-23,26H,1-6H3/t21-,22-,23-/m0/s1. The van der Waals surface area contributed by atoms with Crippen LogP contribution in [0.3, 0.4) is 0 Å². The Labute approximate surface area is 202 Å². The summed E-state index contributed by atoms with van der Waals surface area (Å²) < 4.78 is 33.5. The van der Waals surface area contributed by atoms with Gasteiger partial charge in [0.05, 0.1) is 23.7 Å². The summed E-state index contributed by atoms with van der Waals surface area (Å²) in [6.07, 6.45) is 2.61. The van der Waals surface area contributed by atoms with Crippen LogP contribution < -0.4 is 4.72 Å². The molecule has 6 nitrogen and oxygen atoms in total. The van der Waals surface area contributed by atoms with Crippen LogP contribution in [0.15, 0.2) is 60.7 Å². The predicted molar refractivity (Wildman–Crippen MR) is 135 cm³/mol. The minimum atomic E-state index is -3.48. The van der Waals surface area contributed by atoms with Gasteiger partial charge < -0.3 is 4.74 Å². The minimum Gasteiger partial charge on any atom is -0.431 e. The molecule has 1 N–H and O–H groups in total. The number of hydrogen-bond donors (Lipinski definition) is 1. The van der Waals surface area contributed by atoms with Crippen molar-refractivity contribution in [3.8, 4) is 0 Å². The molecule has 1 saturated heterocycles. The fourth-order valence-electron chi connectivity index (χ4n) is 4.81. The van der Waals surface area contributed by atoms with Crippen molar-refractivity contribution in [1.29, 1.82) is 0 Å². The van der Waals surface area contributed by atoms with Crippen molar-refractivity contribution < 1.29 is 17.9 Å². The van der Waals surface area contributed by atoms with Gasteiger partial charge in [-0.15, -0.1) is 11.8 Å². The molecule has 0 spiro atoms. The third-order valence-corrected chi connectivity index (χ3v) is 7.81. The van der Waals surface area contributed by atoms with E-state index in [1.807, 2.05) is 80.8 Å². The van der Waals surface area contributed by atoms with Crippen LogP contribution in [0.1, 0.15) is 38.8 Å². The highest BCUT2D eigenvalue weighted by atomic mass is 32.2. The number of rotatable bonds is 9. The van der Waals surface area contributed by atoms with Gasteiger partial charge in [0, 0.05) is 11.1 Å². The number of ether oxygens (including phenoxy) is 1. The summed E-state index contributed by atoms with van der Waals surface area (Å²) in [6.45, 7) is 8.07. The zero-order chi connectivity index (χ0) is 24.4. The van der Waals surface area contributed by atoms with Crippen LogP contribution in [0, 0.1) is 11.8 Å². The van der Waals surface area contributed by atoms with Gasteiger partial charge in [0.25, 0.3) is 0 Å². The molecule has 0 unspecified atom stereocenters. The van der Waals surface area contributed by atoms with Crippen LogP contribution in [-0.4, -0.2) is 49.4 Å². The predicted octanol–water partition coefficient (Wildman–Crippen LogP) is 4.67. The molecule has 0 aliphatic carbocycles. The van der Waals surface area contributed by atoms with Gasteiger partial charge in [-0.05, 0) is 18.1 Å². The molecule has 1 heterocycles. The lowest BCUT2D eigenvalue weighted by Gasteiger charge is -2.42. The lowest BCUT2D eigenvalue weighted by atomic mass is 9.75. The van der Waals surface area contributed by atoms with Crippen molar-refractivity contribution in [1.82, 2.24) is 9.62 Å². The normalized spacial score (nSPS) is 20.2. The summed E-state index contributed by atoms with van der Waals surface area (Å²) in [4.78, 5) is 15.4. The van der Waals surface area contributed by atoms with E-state index < -0.39 is 33.1 Å². The monoisotopic (exact) mass is 490 g/mol. The third kappa shape index (κ3) is 5.08. The number of carbonyl (C=O) groups is 1. The highest BCUT2D eigenvalue weighted by Gasteiger charge is 2.59. The SMILES string of the molecule is CS[C@@H]([C@@H](NS(C)(=O)=O)C(C)C)N1C(=O)OC(c2ccccc2)(c2ccccc2)[C@@H]1C(C)C. The number of benzene rings is 2. The molecule has 1 amide bonds. The molecule has 8 heteroatoms. The molecule has 0 saturated carbocycles. The van der Waals surface area contributed by atoms with E-state index in [9.17, 15) is 13.2 Å². The fraction of sp³-hybridized carbons (Fsp3) is 0.480. The van der Waals surface area contributed by atoms with Gasteiger partial charge in [-0.25, -0.2) is 17.9 Å². The maximum Gasteiger partial charge on any atom is 0.412 e. The van der Waals surface area contributed by atoms with Crippen LogP contribution in [0.4, 0.5) is 4.79 Å². The van der Waals surface area contributed by atoms with Gasteiger partial charge in [0.1, 0.15) is 0 Å². The highest BCUT2D eigenvalue weighted by Crippen LogP contribution is 2.49. The quantitative estimate of drug-likeness (QED) is 0.553. The Kier molecular flexibility index (Phi) is 7.81. The van der Waals surface area contributed by atoms with Gasteiger partial charge >= 0.3 is 6.09 Å². The number of thioether (sulfide) groups is 1. The maximum atomic E-state index is 13.7. The number of carbonyl (C=O) groups excluding carboxylic acids is 1. The molecule has 33 heavy (non-hydrogen) atoms. The van der Waals surface area contributed by atoms with E-state index in [0.717, 1.165) is 17.4 Å². The second-order valence-electron chi connectivity index (χ2n) is 9.22. The topological polar surface area (TPSA) is 75.7 Å². The number of amides is 1. The zero-order valence-corrected chi connectivity index (χ0v) is 21.7. The molecule has 1 aliphatic heterocycles. The van der Waals surface area contributed by atoms with E-state index >= 15 is 0 Å². The summed E-state index contributed by atoms with van der Waals surface area (Å²) in [7, 11) is -3.48. The average molecular weight is 491 g/mol. The summed E-state index contributed by atoms with van der Waals surface area (Å²) in [6, 6.07) is 18.8. The van der Waals surface area contributed by atoms with Gasteiger partial charge in [0.2, 0.25) is 10.0 Å². The highest BCUT2D eigenvalue weighted by molar-refractivity contribution is 7.99. The summed E-state index contributed by atoms with van der Waals surface area (Å²) in [5, 5.41) is -0.450. The molecular formula is C25H34N2O4S2. The number of hydrogen-bond acceptors (Lipinski definition) is 5. The Morgan fingerprint density at radius 2 is 1.45 bits per heavy atom. The number of nitrogens with one attached hydrogen (secondary N) is 1. The van der Waals surface area contributed by atoms with Crippen molar-refractivity contribution in [3.63, 3.8) is 0 Å². The Balaban J connectivity index is 2.22.